The molecule has 3 nitrogen and oxygen atoms in total. The molecule has 0 saturated heterocycles. The number of carbonyl (C=O) groups excluding carboxylic acids is 2. The topological polar surface area (TPSA) is 43.4 Å². The number of hydrogen-bond acceptors (Lipinski definition) is 3. The van der Waals surface area contributed by atoms with E-state index in [0.29, 0.717) is 6.61 Å². The summed E-state index contributed by atoms with van der Waals surface area (Å²) in [6.45, 7) is 16.5. The maximum Gasteiger partial charge on any atom is 0.330 e. The summed E-state index contributed by atoms with van der Waals surface area (Å²) in [6, 6.07) is 6.41. The lowest BCUT2D eigenvalue weighted by molar-refractivity contribution is -0.137. The van der Waals surface area contributed by atoms with Crippen LogP contribution < -0.4 is 0 Å². The van der Waals surface area contributed by atoms with E-state index in [1.807, 2.05) is 45.9 Å². The minimum absolute atomic E-state index is 0.0151. The first-order valence-corrected chi connectivity index (χ1v) is 9.73. The van der Waals surface area contributed by atoms with Crippen molar-refractivity contribution in [2.45, 2.75) is 66.2 Å². The summed E-state index contributed by atoms with van der Waals surface area (Å²) in [5, 5.41) is 0. The molecule has 1 aromatic rings. The maximum absolute atomic E-state index is 11.6. The molecule has 0 saturated carbocycles. The van der Waals surface area contributed by atoms with Gasteiger partial charge in [0.25, 0.3) is 0 Å². The van der Waals surface area contributed by atoms with Gasteiger partial charge in [0.2, 0.25) is 0 Å². The number of allylic oxidation sites excluding steroid dienone is 5. The highest BCUT2D eigenvalue weighted by atomic mass is 16.5. The van der Waals surface area contributed by atoms with Crippen molar-refractivity contribution in [1.29, 1.82) is 0 Å². The van der Waals surface area contributed by atoms with Crippen LogP contribution in [0.1, 0.15) is 72.1 Å². The Balaban J connectivity index is 3.25. The summed E-state index contributed by atoms with van der Waals surface area (Å²) in [4.78, 5) is 23.1. The van der Waals surface area contributed by atoms with Gasteiger partial charge in [-0.1, -0.05) is 57.2 Å². The van der Waals surface area contributed by atoms with Crippen LogP contribution >= 0.6 is 0 Å². The van der Waals surface area contributed by atoms with Gasteiger partial charge in [-0.25, -0.2) is 4.79 Å². The predicted octanol–water partition coefficient (Wildman–Crippen LogP) is 5.93. The molecule has 0 aromatic heterocycles. The normalized spacial score (nSPS) is 13.7. The molecule has 0 spiro atoms. The Morgan fingerprint density at radius 2 is 1.64 bits per heavy atom. The highest BCUT2D eigenvalue weighted by molar-refractivity contribution is 5.83. The van der Waals surface area contributed by atoms with Gasteiger partial charge in [0.05, 0.1) is 6.61 Å². The van der Waals surface area contributed by atoms with Gasteiger partial charge < -0.3 is 9.53 Å². The molecular formula is C25H34O3. The van der Waals surface area contributed by atoms with Crippen LogP contribution in [0.3, 0.4) is 0 Å². The Morgan fingerprint density at radius 1 is 1.04 bits per heavy atom. The molecule has 1 rings (SSSR count). The molecule has 0 aliphatic rings. The van der Waals surface area contributed by atoms with E-state index in [9.17, 15) is 9.59 Å². The van der Waals surface area contributed by atoms with Crippen molar-refractivity contribution in [2.75, 3.05) is 6.61 Å². The molecule has 0 bridgehead atoms. The molecule has 0 aliphatic carbocycles. The molecule has 0 unspecified atom stereocenters. The summed E-state index contributed by atoms with van der Waals surface area (Å²) < 4.78 is 4.92. The van der Waals surface area contributed by atoms with Gasteiger partial charge in [-0.3, -0.25) is 0 Å². The summed E-state index contributed by atoms with van der Waals surface area (Å²) in [6.07, 6.45) is 8.30. The van der Waals surface area contributed by atoms with E-state index >= 15 is 0 Å². The van der Waals surface area contributed by atoms with Gasteiger partial charge in [-0.15, -0.1) is 0 Å². The molecule has 0 atom stereocenters. The average molecular weight is 383 g/mol. The third kappa shape index (κ3) is 6.95. The third-order valence-electron chi connectivity index (χ3n) is 4.63. The van der Waals surface area contributed by atoms with Crippen molar-refractivity contribution in [3.05, 3.63) is 64.8 Å². The standard InChI is InChI=1S/C25H34O3/c1-9-28-23(27)13-18(2)11-10-12-19(3)20-14-21(24(4,5)6)16-22(15-20)25(7,8)17-26/h10-17H,9H2,1-8H3/b11-10+,18-13+,19-12+. The van der Waals surface area contributed by atoms with Gasteiger partial charge in [0.15, 0.2) is 0 Å². The van der Waals surface area contributed by atoms with Crippen LogP contribution in [0.15, 0.2) is 48.1 Å². The average Bonchev–Trinajstić information content (AvgIpc) is 2.60. The molecule has 0 fully saturated rings. The second-order valence-electron chi connectivity index (χ2n) is 8.74. The summed E-state index contributed by atoms with van der Waals surface area (Å²) >= 11 is 0. The number of esters is 1. The molecule has 0 heterocycles. The Bertz CT molecular complexity index is 800. The molecule has 152 valence electrons. The number of ether oxygens (including phenoxy) is 1. The molecule has 28 heavy (non-hydrogen) atoms. The van der Waals surface area contributed by atoms with Crippen LogP contribution in [0.25, 0.3) is 5.57 Å². The Kier molecular flexibility index (Phi) is 8.16. The maximum atomic E-state index is 11.6. The van der Waals surface area contributed by atoms with Crippen molar-refractivity contribution in [3.63, 3.8) is 0 Å². The quantitative estimate of drug-likeness (QED) is 0.254. The highest BCUT2D eigenvalue weighted by Gasteiger charge is 2.23. The minimum Gasteiger partial charge on any atom is -0.463 e. The van der Waals surface area contributed by atoms with Gasteiger partial charge in [-0.2, -0.15) is 0 Å². The van der Waals surface area contributed by atoms with Crippen LogP contribution in [0.4, 0.5) is 0 Å². The van der Waals surface area contributed by atoms with Crippen LogP contribution in [0, 0.1) is 0 Å². The first-order chi connectivity index (χ1) is 12.9. The van der Waals surface area contributed by atoms with E-state index in [0.717, 1.165) is 28.6 Å². The number of rotatable bonds is 7. The SMILES string of the molecule is CCOC(=O)/C=C(C)/C=C/C=C(\C)c1cc(C(C)(C)C)cc(C(C)(C)C=O)c1. The Labute approximate surface area is 170 Å². The fourth-order valence-corrected chi connectivity index (χ4v) is 2.59. The smallest absolute Gasteiger partial charge is 0.330 e. The fraction of sp³-hybridized carbons (Fsp3) is 0.440. The number of hydrogen-bond donors (Lipinski definition) is 0. The van der Waals surface area contributed by atoms with E-state index in [-0.39, 0.29) is 11.4 Å². The zero-order chi connectivity index (χ0) is 21.5. The number of aldehydes is 1. The molecule has 0 N–H and O–H groups in total. The molecular weight excluding hydrogens is 348 g/mol. The molecule has 1 aromatic carbocycles. The Hall–Kier alpha value is -2.42. The lowest BCUT2D eigenvalue weighted by Crippen LogP contribution is -2.21. The zero-order valence-electron chi connectivity index (χ0n) is 18.6. The van der Waals surface area contributed by atoms with E-state index in [2.05, 4.69) is 39.0 Å². The van der Waals surface area contributed by atoms with Gasteiger partial charge in [0, 0.05) is 11.5 Å². The van der Waals surface area contributed by atoms with Gasteiger partial charge in [-0.05, 0) is 67.9 Å². The summed E-state index contributed by atoms with van der Waals surface area (Å²) in [5.41, 5.74) is 4.67. The van der Waals surface area contributed by atoms with E-state index in [1.165, 1.54) is 11.6 Å². The van der Waals surface area contributed by atoms with E-state index in [1.54, 1.807) is 6.92 Å². The largest absolute Gasteiger partial charge is 0.463 e. The van der Waals surface area contributed by atoms with Gasteiger partial charge in [0.1, 0.15) is 6.29 Å². The monoisotopic (exact) mass is 382 g/mol. The molecule has 0 amide bonds. The Morgan fingerprint density at radius 3 is 2.18 bits per heavy atom. The van der Waals surface area contributed by atoms with Crippen LogP contribution in [0.5, 0.6) is 0 Å². The van der Waals surface area contributed by atoms with Crippen molar-refractivity contribution in [2.24, 2.45) is 0 Å². The van der Waals surface area contributed by atoms with Gasteiger partial charge >= 0.3 is 5.97 Å². The second kappa shape index (κ2) is 9.68. The van der Waals surface area contributed by atoms with Crippen molar-refractivity contribution < 1.29 is 14.3 Å². The molecule has 0 radical (unpaired) electrons. The van der Waals surface area contributed by atoms with Crippen molar-refractivity contribution >= 4 is 17.8 Å². The number of benzene rings is 1. The first kappa shape index (κ1) is 23.6. The van der Waals surface area contributed by atoms with Crippen molar-refractivity contribution in [1.82, 2.24) is 0 Å². The predicted molar refractivity (Wildman–Crippen MR) is 117 cm³/mol. The van der Waals surface area contributed by atoms with Crippen LogP contribution in [-0.4, -0.2) is 18.9 Å². The summed E-state index contributed by atoms with van der Waals surface area (Å²) in [5.74, 6) is -0.330. The minimum atomic E-state index is -0.537. The van der Waals surface area contributed by atoms with E-state index < -0.39 is 5.41 Å². The summed E-state index contributed by atoms with van der Waals surface area (Å²) in [7, 11) is 0. The van der Waals surface area contributed by atoms with Crippen LogP contribution in [0.2, 0.25) is 0 Å². The lowest BCUT2D eigenvalue weighted by Gasteiger charge is -2.25. The fourth-order valence-electron chi connectivity index (χ4n) is 2.59. The molecule has 3 heteroatoms. The molecule has 0 aliphatic heterocycles. The van der Waals surface area contributed by atoms with Crippen molar-refractivity contribution in [3.8, 4) is 0 Å². The first-order valence-electron chi connectivity index (χ1n) is 9.73. The number of carbonyl (C=O) groups is 2. The second-order valence-corrected chi connectivity index (χ2v) is 8.74. The lowest BCUT2D eigenvalue weighted by atomic mass is 9.78. The highest BCUT2D eigenvalue weighted by Crippen LogP contribution is 2.31. The zero-order valence-corrected chi connectivity index (χ0v) is 18.6. The van der Waals surface area contributed by atoms with E-state index in [4.69, 9.17) is 4.74 Å². The van der Waals surface area contributed by atoms with Crippen LogP contribution in [-0.2, 0) is 25.2 Å². The third-order valence-corrected chi connectivity index (χ3v) is 4.63.